The Kier molecular flexibility index (Phi) is 5.79. The summed E-state index contributed by atoms with van der Waals surface area (Å²) in [5.41, 5.74) is 5.03. The third kappa shape index (κ3) is 5.07. The fourth-order valence-electron chi connectivity index (χ4n) is 2.50. The lowest BCUT2D eigenvalue weighted by Gasteiger charge is -2.33. The van der Waals surface area contributed by atoms with Crippen LogP contribution in [0.5, 0.6) is 0 Å². The Morgan fingerprint density at radius 2 is 1.85 bits per heavy atom. The molecule has 0 heterocycles. The zero-order valence-electron chi connectivity index (χ0n) is 12.0. The van der Waals surface area contributed by atoms with Gasteiger partial charge in [0.1, 0.15) is 13.1 Å². The average Bonchev–Trinajstić information content (AvgIpc) is 2.32. The van der Waals surface area contributed by atoms with E-state index in [0.29, 0.717) is 11.8 Å². The minimum atomic E-state index is -1.17. The van der Waals surface area contributed by atoms with Crippen molar-refractivity contribution < 1.29 is 19.5 Å². The Labute approximate surface area is 118 Å². The molecule has 1 fully saturated rings. The van der Waals surface area contributed by atoms with Crippen molar-refractivity contribution in [2.24, 2.45) is 17.6 Å². The highest BCUT2D eigenvalue weighted by molar-refractivity contribution is 5.86. The van der Waals surface area contributed by atoms with Crippen LogP contribution in [0.3, 0.4) is 0 Å². The monoisotopic (exact) mass is 285 g/mol. The van der Waals surface area contributed by atoms with Crippen LogP contribution in [0, 0.1) is 11.8 Å². The Bertz CT molecular complexity index is 370. The van der Waals surface area contributed by atoms with E-state index in [4.69, 9.17) is 10.8 Å². The highest BCUT2D eigenvalue weighted by atomic mass is 16.4. The number of urea groups is 1. The van der Waals surface area contributed by atoms with Crippen molar-refractivity contribution in [3.05, 3.63) is 0 Å². The van der Waals surface area contributed by atoms with Gasteiger partial charge in [0.15, 0.2) is 0 Å². The van der Waals surface area contributed by atoms with Crippen molar-refractivity contribution in [2.45, 2.75) is 39.2 Å². The van der Waals surface area contributed by atoms with E-state index in [1.165, 1.54) is 0 Å². The van der Waals surface area contributed by atoms with Crippen LogP contribution < -0.4 is 11.1 Å². The molecule has 0 spiro atoms. The normalized spacial score (nSPS) is 25.8. The van der Waals surface area contributed by atoms with E-state index in [1.807, 2.05) is 0 Å². The van der Waals surface area contributed by atoms with Gasteiger partial charge in [-0.3, -0.25) is 9.59 Å². The van der Waals surface area contributed by atoms with Crippen LogP contribution >= 0.6 is 0 Å². The highest BCUT2D eigenvalue weighted by Gasteiger charge is 2.27. The van der Waals surface area contributed by atoms with Gasteiger partial charge in [-0.25, -0.2) is 4.79 Å². The Morgan fingerprint density at radius 1 is 1.20 bits per heavy atom. The van der Waals surface area contributed by atoms with Gasteiger partial charge in [0.05, 0.1) is 0 Å². The van der Waals surface area contributed by atoms with E-state index >= 15 is 0 Å². The zero-order chi connectivity index (χ0) is 15.3. The molecule has 0 bridgehead atoms. The van der Waals surface area contributed by atoms with E-state index in [0.717, 1.165) is 24.2 Å². The van der Waals surface area contributed by atoms with Crippen LogP contribution in [-0.2, 0) is 9.59 Å². The van der Waals surface area contributed by atoms with Crippen LogP contribution in [0.1, 0.15) is 33.1 Å². The van der Waals surface area contributed by atoms with E-state index < -0.39 is 31.0 Å². The van der Waals surface area contributed by atoms with E-state index in [-0.39, 0.29) is 6.04 Å². The first kappa shape index (κ1) is 16.3. The molecule has 0 saturated heterocycles. The van der Waals surface area contributed by atoms with Gasteiger partial charge in [0.25, 0.3) is 0 Å². The molecule has 0 radical (unpaired) electrons. The molecule has 1 rings (SSSR count). The molecular formula is C13H23N3O4. The number of nitrogens with one attached hydrogen (secondary N) is 1. The van der Waals surface area contributed by atoms with Gasteiger partial charge in [0, 0.05) is 6.04 Å². The summed E-state index contributed by atoms with van der Waals surface area (Å²) in [6.07, 6.45) is 2.76. The summed E-state index contributed by atoms with van der Waals surface area (Å²) in [6.45, 7) is 3.40. The molecule has 20 heavy (non-hydrogen) atoms. The Morgan fingerprint density at radius 3 is 2.35 bits per heavy atom. The molecule has 7 nitrogen and oxygen atoms in total. The number of hydrogen-bond acceptors (Lipinski definition) is 3. The van der Waals surface area contributed by atoms with Gasteiger partial charge < -0.3 is 21.1 Å². The van der Waals surface area contributed by atoms with Gasteiger partial charge >= 0.3 is 12.0 Å². The van der Waals surface area contributed by atoms with Crippen LogP contribution in [-0.4, -0.2) is 47.0 Å². The molecule has 0 aliphatic heterocycles. The van der Waals surface area contributed by atoms with Gasteiger partial charge in [-0.2, -0.15) is 0 Å². The van der Waals surface area contributed by atoms with E-state index in [9.17, 15) is 14.4 Å². The van der Waals surface area contributed by atoms with Gasteiger partial charge in [-0.1, -0.05) is 13.8 Å². The molecule has 3 amide bonds. The van der Waals surface area contributed by atoms with Crippen molar-refractivity contribution in [1.29, 1.82) is 0 Å². The predicted octanol–water partition coefficient (Wildman–Crippen LogP) is 0.393. The van der Waals surface area contributed by atoms with Gasteiger partial charge in [0.2, 0.25) is 5.91 Å². The quantitative estimate of drug-likeness (QED) is 0.678. The van der Waals surface area contributed by atoms with E-state index in [2.05, 4.69) is 19.2 Å². The van der Waals surface area contributed by atoms with Crippen LogP contribution in [0.15, 0.2) is 0 Å². The largest absolute Gasteiger partial charge is 0.480 e. The second kappa shape index (κ2) is 7.12. The number of carboxylic acids is 1. The Balaban J connectivity index is 2.56. The fraction of sp³-hybridized carbons (Fsp3) is 0.769. The van der Waals surface area contributed by atoms with Crippen molar-refractivity contribution in [2.75, 3.05) is 13.1 Å². The molecule has 1 aliphatic carbocycles. The number of hydrogen-bond donors (Lipinski definition) is 3. The van der Waals surface area contributed by atoms with Crippen molar-refractivity contribution in [3.8, 4) is 0 Å². The van der Waals surface area contributed by atoms with Crippen LogP contribution in [0.4, 0.5) is 4.79 Å². The van der Waals surface area contributed by atoms with Crippen LogP contribution in [0.25, 0.3) is 0 Å². The highest BCUT2D eigenvalue weighted by Crippen LogP contribution is 2.29. The van der Waals surface area contributed by atoms with Crippen molar-refractivity contribution >= 4 is 17.9 Å². The SMILES string of the molecule is CC1CCC(NC(=O)N(CC(N)=O)CC(=O)O)CC1C. The molecule has 114 valence electrons. The van der Waals surface area contributed by atoms with Gasteiger partial charge in [-0.05, 0) is 31.1 Å². The number of amides is 3. The topological polar surface area (TPSA) is 113 Å². The second-order valence-electron chi connectivity index (χ2n) is 5.63. The first-order valence-electron chi connectivity index (χ1n) is 6.85. The lowest BCUT2D eigenvalue weighted by atomic mass is 9.79. The summed E-state index contributed by atoms with van der Waals surface area (Å²) < 4.78 is 0. The number of nitrogens with zero attached hydrogens (tertiary/aromatic N) is 1. The molecule has 0 aromatic carbocycles. The third-order valence-corrected chi connectivity index (χ3v) is 3.89. The number of primary amides is 1. The summed E-state index contributed by atoms with van der Waals surface area (Å²) in [7, 11) is 0. The summed E-state index contributed by atoms with van der Waals surface area (Å²) >= 11 is 0. The maximum absolute atomic E-state index is 12.0. The number of carbonyl (C=O) groups is 3. The smallest absolute Gasteiger partial charge is 0.323 e. The minimum Gasteiger partial charge on any atom is -0.480 e. The molecule has 0 aromatic rings. The summed E-state index contributed by atoms with van der Waals surface area (Å²) in [5.74, 6) is -0.763. The summed E-state index contributed by atoms with van der Waals surface area (Å²) in [6, 6.07) is -0.518. The summed E-state index contributed by atoms with van der Waals surface area (Å²) in [5, 5.41) is 11.6. The van der Waals surface area contributed by atoms with Gasteiger partial charge in [-0.15, -0.1) is 0 Å². The fourth-order valence-corrected chi connectivity index (χ4v) is 2.50. The molecule has 1 aliphatic rings. The summed E-state index contributed by atoms with van der Waals surface area (Å²) in [4.78, 5) is 34.5. The molecule has 0 aromatic heterocycles. The standard InChI is InChI=1S/C13H23N3O4/c1-8-3-4-10(5-9(8)2)15-13(20)16(6-11(14)17)7-12(18)19/h8-10H,3-7H2,1-2H3,(H2,14,17)(H,15,20)(H,18,19). The number of aliphatic carboxylic acids is 1. The number of nitrogens with two attached hydrogens (primary N) is 1. The molecule has 3 unspecified atom stereocenters. The van der Waals surface area contributed by atoms with Crippen molar-refractivity contribution in [1.82, 2.24) is 10.2 Å². The van der Waals surface area contributed by atoms with E-state index in [1.54, 1.807) is 0 Å². The lowest BCUT2D eigenvalue weighted by Crippen LogP contribution is -2.50. The average molecular weight is 285 g/mol. The molecule has 1 saturated carbocycles. The maximum atomic E-state index is 12.0. The first-order valence-corrected chi connectivity index (χ1v) is 6.85. The minimum absolute atomic E-state index is 0.0258. The molecule has 4 N–H and O–H groups in total. The molecule has 7 heteroatoms. The van der Waals surface area contributed by atoms with Crippen LogP contribution in [0.2, 0.25) is 0 Å². The predicted molar refractivity (Wildman–Crippen MR) is 72.9 cm³/mol. The second-order valence-corrected chi connectivity index (χ2v) is 5.63. The Hall–Kier alpha value is -1.79. The zero-order valence-corrected chi connectivity index (χ0v) is 12.0. The van der Waals surface area contributed by atoms with Crippen molar-refractivity contribution in [3.63, 3.8) is 0 Å². The molecular weight excluding hydrogens is 262 g/mol. The lowest BCUT2D eigenvalue weighted by molar-refractivity contribution is -0.137. The maximum Gasteiger partial charge on any atom is 0.323 e. The third-order valence-electron chi connectivity index (χ3n) is 3.89. The number of carboxylic acid groups (broad SMARTS) is 1. The first-order chi connectivity index (χ1) is 9.29. The number of rotatable bonds is 5. The molecule has 3 atom stereocenters. The number of carbonyl (C=O) groups excluding carboxylic acids is 2.